The van der Waals surface area contributed by atoms with Crippen LogP contribution in [-0.2, 0) is 4.79 Å². The van der Waals surface area contributed by atoms with Crippen LogP contribution in [0.4, 0.5) is 5.69 Å². The Balaban J connectivity index is 1.89. The SMILES string of the molecule is C[C@]1(O)CC(=O)[C@H](C(=O)c2ccccc2)[C@@H](c2ccc([N+](=O)[O-])cc2)[C@@H]1C(=O)c1ccccc1. The number of carbonyl (C=O) groups is 3. The van der Waals surface area contributed by atoms with Crippen LogP contribution >= 0.6 is 0 Å². The van der Waals surface area contributed by atoms with Crippen molar-refractivity contribution in [3.05, 3.63) is 112 Å². The van der Waals surface area contributed by atoms with Crippen LogP contribution in [0.5, 0.6) is 0 Å². The molecule has 0 heterocycles. The summed E-state index contributed by atoms with van der Waals surface area (Å²) in [6.07, 6.45) is -0.358. The van der Waals surface area contributed by atoms with Crippen molar-refractivity contribution in [2.75, 3.05) is 0 Å². The van der Waals surface area contributed by atoms with Gasteiger partial charge in [-0.1, -0.05) is 72.8 Å². The minimum absolute atomic E-state index is 0.158. The van der Waals surface area contributed by atoms with Gasteiger partial charge in [0.05, 0.1) is 22.4 Å². The Morgan fingerprint density at radius 1 is 0.882 bits per heavy atom. The molecule has 0 radical (unpaired) electrons. The smallest absolute Gasteiger partial charge is 0.269 e. The Hall–Kier alpha value is -3.97. The number of hydrogen-bond donors (Lipinski definition) is 1. The van der Waals surface area contributed by atoms with E-state index in [4.69, 9.17) is 0 Å². The standard InChI is InChI=1S/C27H23NO6/c1-27(32)16-21(29)23(25(30)18-8-4-2-5-9-18)22(17-12-14-20(15-13-17)28(33)34)24(27)26(31)19-10-6-3-7-11-19/h2-15,22-24,32H,16H2,1H3/t22-,23+,24-,27+/m1/s1. The number of nitrogens with zero attached hydrogens (tertiary/aromatic N) is 1. The van der Waals surface area contributed by atoms with E-state index in [1.165, 1.54) is 31.2 Å². The molecule has 1 saturated carbocycles. The minimum atomic E-state index is -1.72. The normalized spacial score (nSPS) is 24.4. The summed E-state index contributed by atoms with van der Waals surface area (Å²) in [7, 11) is 0. The predicted octanol–water partition coefficient (Wildman–Crippen LogP) is 4.40. The molecule has 34 heavy (non-hydrogen) atoms. The van der Waals surface area contributed by atoms with Gasteiger partial charge < -0.3 is 5.11 Å². The molecule has 0 saturated heterocycles. The highest BCUT2D eigenvalue weighted by Crippen LogP contribution is 2.48. The number of non-ortho nitro benzene ring substituents is 1. The Labute approximate surface area is 196 Å². The second-order valence-corrected chi connectivity index (χ2v) is 8.79. The third-order valence-electron chi connectivity index (χ3n) is 6.44. The van der Waals surface area contributed by atoms with Crippen molar-refractivity contribution in [2.45, 2.75) is 24.9 Å². The average Bonchev–Trinajstić information content (AvgIpc) is 2.83. The van der Waals surface area contributed by atoms with Gasteiger partial charge in [-0.15, -0.1) is 0 Å². The molecule has 4 atom stereocenters. The van der Waals surface area contributed by atoms with Gasteiger partial charge in [0.15, 0.2) is 11.6 Å². The molecule has 3 aromatic carbocycles. The van der Waals surface area contributed by atoms with E-state index in [1.54, 1.807) is 60.7 Å². The lowest BCUT2D eigenvalue weighted by atomic mass is 9.58. The highest BCUT2D eigenvalue weighted by Gasteiger charge is 2.55. The van der Waals surface area contributed by atoms with Crippen molar-refractivity contribution in [3.63, 3.8) is 0 Å². The molecular formula is C27H23NO6. The number of carbonyl (C=O) groups excluding carboxylic acids is 3. The monoisotopic (exact) mass is 457 g/mol. The van der Waals surface area contributed by atoms with Gasteiger partial charge in [-0.25, -0.2) is 0 Å². The van der Waals surface area contributed by atoms with Gasteiger partial charge >= 0.3 is 0 Å². The molecule has 0 unspecified atom stereocenters. The molecule has 1 aliphatic carbocycles. The zero-order valence-corrected chi connectivity index (χ0v) is 18.5. The van der Waals surface area contributed by atoms with E-state index in [-0.39, 0.29) is 12.1 Å². The molecule has 0 amide bonds. The molecule has 0 aliphatic heterocycles. The lowest BCUT2D eigenvalue weighted by Gasteiger charge is -2.44. The van der Waals surface area contributed by atoms with Crippen LogP contribution < -0.4 is 0 Å². The maximum absolute atomic E-state index is 13.7. The van der Waals surface area contributed by atoms with E-state index in [2.05, 4.69) is 0 Å². The van der Waals surface area contributed by atoms with E-state index >= 15 is 0 Å². The predicted molar refractivity (Wildman–Crippen MR) is 125 cm³/mol. The summed E-state index contributed by atoms with van der Waals surface area (Å²) in [4.78, 5) is 51.2. The number of nitro groups is 1. The summed E-state index contributed by atoms with van der Waals surface area (Å²) in [6.45, 7) is 1.43. The van der Waals surface area contributed by atoms with Gasteiger partial charge in [-0.05, 0) is 12.5 Å². The fourth-order valence-electron chi connectivity index (χ4n) is 4.87. The van der Waals surface area contributed by atoms with Crippen molar-refractivity contribution < 1.29 is 24.4 Å². The highest BCUT2D eigenvalue weighted by molar-refractivity contribution is 6.13. The molecule has 1 N–H and O–H groups in total. The number of nitro benzene ring substituents is 1. The maximum atomic E-state index is 13.7. The first-order chi connectivity index (χ1) is 16.2. The molecule has 7 heteroatoms. The number of ketones is 3. The van der Waals surface area contributed by atoms with Crippen LogP contribution in [-0.4, -0.2) is 33.0 Å². The van der Waals surface area contributed by atoms with Gasteiger partial charge in [0, 0.05) is 35.6 Å². The van der Waals surface area contributed by atoms with Crippen LogP contribution in [0.2, 0.25) is 0 Å². The molecule has 7 nitrogen and oxygen atoms in total. The van der Waals surface area contributed by atoms with Crippen molar-refractivity contribution in [1.29, 1.82) is 0 Å². The maximum Gasteiger partial charge on any atom is 0.269 e. The van der Waals surface area contributed by atoms with E-state index in [0.29, 0.717) is 16.7 Å². The fourth-order valence-corrected chi connectivity index (χ4v) is 4.87. The van der Waals surface area contributed by atoms with Crippen molar-refractivity contribution >= 4 is 23.0 Å². The molecule has 0 spiro atoms. The second kappa shape index (κ2) is 9.11. The lowest BCUT2D eigenvalue weighted by molar-refractivity contribution is -0.384. The molecular weight excluding hydrogens is 434 g/mol. The molecule has 1 aliphatic rings. The Morgan fingerprint density at radius 2 is 1.38 bits per heavy atom. The van der Waals surface area contributed by atoms with E-state index < -0.39 is 45.6 Å². The first kappa shape index (κ1) is 23.2. The topological polar surface area (TPSA) is 115 Å². The number of aliphatic hydroxyl groups is 1. The molecule has 3 aromatic rings. The number of benzene rings is 3. The summed E-state index contributed by atoms with van der Waals surface area (Å²) in [5.74, 6) is -4.66. The summed E-state index contributed by atoms with van der Waals surface area (Å²) in [5, 5.41) is 22.5. The Bertz CT molecular complexity index is 1240. The average molecular weight is 457 g/mol. The first-order valence-electron chi connectivity index (χ1n) is 10.9. The number of hydrogen-bond acceptors (Lipinski definition) is 6. The van der Waals surface area contributed by atoms with E-state index in [1.807, 2.05) is 0 Å². The van der Waals surface area contributed by atoms with Gasteiger partial charge in [0.2, 0.25) is 0 Å². The minimum Gasteiger partial charge on any atom is -0.389 e. The molecule has 0 aromatic heterocycles. The quantitative estimate of drug-likeness (QED) is 0.254. The first-order valence-corrected chi connectivity index (χ1v) is 10.9. The third kappa shape index (κ3) is 4.30. The van der Waals surface area contributed by atoms with Gasteiger partial charge in [-0.3, -0.25) is 24.5 Å². The molecule has 1 fully saturated rings. The Morgan fingerprint density at radius 3 is 1.88 bits per heavy atom. The Kier molecular flexibility index (Phi) is 6.22. The lowest BCUT2D eigenvalue weighted by Crippen LogP contribution is -2.54. The zero-order chi connectivity index (χ0) is 24.5. The largest absolute Gasteiger partial charge is 0.389 e. The second-order valence-electron chi connectivity index (χ2n) is 8.79. The van der Waals surface area contributed by atoms with Crippen molar-refractivity contribution in [3.8, 4) is 0 Å². The van der Waals surface area contributed by atoms with Crippen LogP contribution in [0, 0.1) is 22.0 Å². The van der Waals surface area contributed by atoms with Crippen LogP contribution in [0.3, 0.4) is 0 Å². The summed E-state index contributed by atoms with van der Waals surface area (Å²) < 4.78 is 0. The van der Waals surface area contributed by atoms with Gasteiger partial charge in [0.1, 0.15) is 5.78 Å². The van der Waals surface area contributed by atoms with E-state index in [0.717, 1.165) is 0 Å². The molecule has 172 valence electrons. The third-order valence-corrected chi connectivity index (χ3v) is 6.44. The van der Waals surface area contributed by atoms with Crippen molar-refractivity contribution in [2.24, 2.45) is 11.8 Å². The van der Waals surface area contributed by atoms with Gasteiger partial charge in [-0.2, -0.15) is 0 Å². The number of rotatable bonds is 6. The fraction of sp³-hybridized carbons (Fsp3) is 0.222. The van der Waals surface area contributed by atoms with Crippen LogP contribution in [0.15, 0.2) is 84.9 Å². The van der Waals surface area contributed by atoms with Crippen LogP contribution in [0.1, 0.15) is 45.5 Å². The summed E-state index contributed by atoms with van der Waals surface area (Å²) in [6, 6.07) is 22.2. The zero-order valence-electron chi connectivity index (χ0n) is 18.5. The molecule has 0 bridgehead atoms. The number of Topliss-reactive ketones (excluding diaryl/α,β-unsaturated/α-hetero) is 3. The van der Waals surface area contributed by atoms with Crippen molar-refractivity contribution in [1.82, 2.24) is 0 Å². The highest BCUT2D eigenvalue weighted by atomic mass is 16.6. The summed E-state index contributed by atoms with van der Waals surface area (Å²) in [5.41, 5.74) is -0.804. The summed E-state index contributed by atoms with van der Waals surface area (Å²) >= 11 is 0. The van der Waals surface area contributed by atoms with E-state index in [9.17, 15) is 29.6 Å². The van der Waals surface area contributed by atoms with Gasteiger partial charge in [0.25, 0.3) is 5.69 Å². The van der Waals surface area contributed by atoms with Crippen LogP contribution in [0.25, 0.3) is 0 Å². The molecule has 4 rings (SSSR count).